The Labute approximate surface area is 117 Å². The van der Waals surface area contributed by atoms with Crippen molar-refractivity contribution in [3.63, 3.8) is 0 Å². The predicted molar refractivity (Wildman–Crippen MR) is 76.6 cm³/mol. The fourth-order valence-corrected chi connectivity index (χ4v) is 3.18. The van der Waals surface area contributed by atoms with Crippen molar-refractivity contribution in [3.8, 4) is 0 Å². The molecule has 6 heteroatoms. The summed E-state index contributed by atoms with van der Waals surface area (Å²) in [6.45, 7) is 7.88. The summed E-state index contributed by atoms with van der Waals surface area (Å²) >= 11 is 1.20. The van der Waals surface area contributed by atoms with E-state index in [1.165, 1.54) is 11.3 Å². The molecule has 0 aromatic carbocycles. The van der Waals surface area contributed by atoms with E-state index in [-0.39, 0.29) is 23.4 Å². The third-order valence-electron chi connectivity index (χ3n) is 3.85. The third kappa shape index (κ3) is 3.25. The first kappa shape index (κ1) is 14.3. The normalized spacial score (nSPS) is 23.3. The number of carbonyl (C=O) groups excluding carboxylic acids is 1. The van der Waals surface area contributed by atoms with E-state index in [9.17, 15) is 9.59 Å². The van der Waals surface area contributed by atoms with Crippen molar-refractivity contribution in [2.45, 2.75) is 39.8 Å². The zero-order valence-electron chi connectivity index (χ0n) is 11.7. The number of hydrogen-bond donors (Lipinski definition) is 2. The zero-order valence-corrected chi connectivity index (χ0v) is 12.5. The molecule has 1 aromatic heterocycles. The minimum absolute atomic E-state index is 0.0556. The molecule has 2 heterocycles. The Morgan fingerprint density at radius 1 is 1.53 bits per heavy atom. The lowest BCUT2D eigenvalue weighted by Gasteiger charge is -2.30. The largest absolute Gasteiger partial charge is 0.350 e. The van der Waals surface area contributed by atoms with Crippen LogP contribution in [0, 0.1) is 19.8 Å². The molecular formula is C13H21N3O2S. The van der Waals surface area contributed by atoms with E-state index >= 15 is 0 Å². The van der Waals surface area contributed by atoms with Gasteiger partial charge in [0.15, 0.2) is 0 Å². The van der Waals surface area contributed by atoms with Crippen molar-refractivity contribution < 1.29 is 4.79 Å². The van der Waals surface area contributed by atoms with Gasteiger partial charge in [-0.2, -0.15) is 0 Å². The Kier molecular flexibility index (Phi) is 4.42. The number of thiazole rings is 1. The summed E-state index contributed by atoms with van der Waals surface area (Å²) in [6.07, 6.45) is 1.07. The van der Waals surface area contributed by atoms with Crippen LogP contribution < -0.4 is 15.5 Å². The molecule has 0 bridgehead atoms. The number of piperidine rings is 1. The summed E-state index contributed by atoms with van der Waals surface area (Å²) in [7, 11) is 0. The molecule has 2 atom stereocenters. The lowest BCUT2D eigenvalue weighted by molar-refractivity contribution is -0.122. The van der Waals surface area contributed by atoms with Gasteiger partial charge in [-0.3, -0.25) is 14.2 Å². The standard InChI is InChI=1S/C13H21N3O2S/c1-8-4-5-14-6-11(8)15-12(17)7-16-9(2)10(3)19-13(16)18/h8,11,14H,4-7H2,1-3H3,(H,15,17). The molecule has 2 N–H and O–H groups in total. The SMILES string of the molecule is Cc1sc(=O)n(CC(=O)NC2CNCCC2C)c1C. The minimum Gasteiger partial charge on any atom is -0.350 e. The zero-order chi connectivity index (χ0) is 14.0. The lowest BCUT2D eigenvalue weighted by atomic mass is 9.95. The Balaban J connectivity index is 1.99. The van der Waals surface area contributed by atoms with E-state index in [0.717, 1.165) is 30.1 Å². The lowest BCUT2D eigenvalue weighted by Crippen LogP contribution is -2.51. The van der Waals surface area contributed by atoms with E-state index < -0.39 is 0 Å². The molecule has 1 fully saturated rings. The van der Waals surface area contributed by atoms with Crippen molar-refractivity contribution in [3.05, 3.63) is 20.2 Å². The number of nitrogens with zero attached hydrogens (tertiary/aromatic N) is 1. The molecule has 0 aliphatic carbocycles. The van der Waals surface area contributed by atoms with Crippen LogP contribution in [-0.4, -0.2) is 29.6 Å². The maximum absolute atomic E-state index is 12.0. The van der Waals surface area contributed by atoms with Gasteiger partial charge in [-0.15, -0.1) is 0 Å². The minimum atomic E-state index is -0.0800. The summed E-state index contributed by atoms with van der Waals surface area (Å²) in [5, 5.41) is 6.30. The van der Waals surface area contributed by atoms with Crippen LogP contribution in [0.1, 0.15) is 23.9 Å². The molecule has 1 amide bonds. The second kappa shape index (κ2) is 5.88. The highest BCUT2D eigenvalue weighted by Gasteiger charge is 2.23. The van der Waals surface area contributed by atoms with Crippen molar-refractivity contribution in [2.75, 3.05) is 13.1 Å². The number of amides is 1. The molecule has 106 valence electrons. The highest BCUT2D eigenvalue weighted by atomic mass is 32.1. The fraction of sp³-hybridized carbons (Fsp3) is 0.692. The van der Waals surface area contributed by atoms with Gasteiger partial charge < -0.3 is 10.6 Å². The summed E-state index contributed by atoms with van der Waals surface area (Å²) in [5.41, 5.74) is 0.889. The van der Waals surface area contributed by atoms with Crippen LogP contribution in [0.2, 0.25) is 0 Å². The van der Waals surface area contributed by atoms with Crippen LogP contribution in [0.25, 0.3) is 0 Å². The Bertz CT molecular complexity index is 520. The van der Waals surface area contributed by atoms with Crippen LogP contribution in [0.15, 0.2) is 4.79 Å². The topological polar surface area (TPSA) is 63.1 Å². The van der Waals surface area contributed by atoms with E-state index in [0.29, 0.717) is 5.92 Å². The molecule has 1 aliphatic rings. The maximum atomic E-state index is 12.0. The highest BCUT2D eigenvalue weighted by Crippen LogP contribution is 2.12. The Hall–Kier alpha value is -1.14. The molecule has 1 saturated heterocycles. The number of hydrogen-bond acceptors (Lipinski definition) is 4. The Morgan fingerprint density at radius 3 is 2.84 bits per heavy atom. The molecule has 1 aliphatic heterocycles. The van der Waals surface area contributed by atoms with Crippen LogP contribution in [-0.2, 0) is 11.3 Å². The highest BCUT2D eigenvalue weighted by molar-refractivity contribution is 7.09. The summed E-state index contributed by atoms with van der Waals surface area (Å²) in [6, 6.07) is 0.164. The predicted octanol–water partition coefficient (Wildman–Crippen LogP) is 0.641. The molecular weight excluding hydrogens is 262 g/mol. The molecule has 19 heavy (non-hydrogen) atoms. The molecule has 1 aromatic rings. The van der Waals surface area contributed by atoms with Gasteiger partial charge in [0.25, 0.3) is 0 Å². The fourth-order valence-electron chi connectivity index (χ4n) is 2.35. The average molecular weight is 283 g/mol. The summed E-state index contributed by atoms with van der Waals surface area (Å²) in [4.78, 5) is 24.7. The summed E-state index contributed by atoms with van der Waals surface area (Å²) < 4.78 is 1.55. The van der Waals surface area contributed by atoms with Gasteiger partial charge in [-0.05, 0) is 32.7 Å². The quantitative estimate of drug-likeness (QED) is 0.856. The van der Waals surface area contributed by atoms with Crippen LogP contribution in [0.3, 0.4) is 0 Å². The third-order valence-corrected chi connectivity index (χ3v) is 4.85. The van der Waals surface area contributed by atoms with Crippen molar-refractivity contribution in [1.29, 1.82) is 0 Å². The van der Waals surface area contributed by atoms with Gasteiger partial charge in [0.2, 0.25) is 5.91 Å². The monoisotopic (exact) mass is 283 g/mol. The van der Waals surface area contributed by atoms with Gasteiger partial charge in [0, 0.05) is 23.2 Å². The first-order valence-electron chi connectivity index (χ1n) is 6.66. The molecule has 0 spiro atoms. The summed E-state index contributed by atoms with van der Waals surface area (Å²) in [5.74, 6) is 0.399. The molecule has 5 nitrogen and oxygen atoms in total. The van der Waals surface area contributed by atoms with Crippen molar-refractivity contribution in [1.82, 2.24) is 15.2 Å². The van der Waals surface area contributed by atoms with E-state index in [2.05, 4.69) is 17.6 Å². The molecule has 2 unspecified atom stereocenters. The Morgan fingerprint density at radius 2 is 2.26 bits per heavy atom. The van der Waals surface area contributed by atoms with Crippen LogP contribution >= 0.6 is 11.3 Å². The van der Waals surface area contributed by atoms with Gasteiger partial charge in [-0.1, -0.05) is 18.3 Å². The van der Waals surface area contributed by atoms with Gasteiger partial charge in [0.05, 0.1) is 0 Å². The first-order chi connectivity index (χ1) is 8.99. The van der Waals surface area contributed by atoms with Gasteiger partial charge in [0.1, 0.15) is 6.54 Å². The molecule has 2 rings (SSSR count). The number of aryl methyl sites for hydroxylation is 1. The second-order valence-corrected chi connectivity index (χ2v) is 6.41. The molecule has 0 saturated carbocycles. The number of rotatable bonds is 3. The first-order valence-corrected chi connectivity index (χ1v) is 7.47. The van der Waals surface area contributed by atoms with E-state index in [1.807, 2.05) is 13.8 Å². The maximum Gasteiger partial charge on any atom is 0.308 e. The van der Waals surface area contributed by atoms with Crippen LogP contribution in [0.4, 0.5) is 0 Å². The van der Waals surface area contributed by atoms with Crippen LogP contribution in [0.5, 0.6) is 0 Å². The smallest absolute Gasteiger partial charge is 0.308 e. The van der Waals surface area contributed by atoms with Gasteiger partial charge in [-0.25, -0.2) is 0 Å². The average Bonchev–Trinajstić information content (AvgIpc) is 2.59. The number of aromatic nitrogens is 1. The van der Waals surface area contributed by atoms with Gasteiger partial charge >= 0.3 is 4.87 Å². The number of nitrogens with one attached hydrogen (secondary N) is 2. The van der Waals surface area contributed by atoms with E-state index in [4.69, 9.17) is 0 Å². The second-order valence-electron chi connectivity index (χ2n) is 5.24. The van der Waals surface area contributed by atoms with Crippen molar-refractivity contribution >= 4 is 17.2 Å². The number of carbonyl (C=O) groups is 1. The van der Waals surface area contributed by atoms with E-state index in [1.54, 1.807) is 4.57 Å². The molecule has 0 radical (unpaired) electrons. The van der Waals surface area contributed by atoms with Crippen molar-refractivity contribution in [2.24, 2.45) is 5.92 Å².